The fourth-order valence-electron chi connectivity index (χ4n) is 2.14. The zero-order valence-electron chi connectivity index (χ0n) is 10.3. The Labute approximate surface area is 98.0 Å². The molecule has 0 bridgehead atoms. The van der Waals surface area contributed by atoms with Gasteiger partial charge in [0.1, 0.15) is 5.75 Å². The van der Waals surface area contributed by atoms with Crippen LogP contribution >= 0.6 is 0 Å². The fourth-order valence-corrected chi connectivity index (χ4v) is 2.14. The molecule has 2 rings (SSSR count). The van der Waals surface area contributed by atoms with Gasteiger partial charge in [0, 0.05) is 18.7 Å². The van der Waals surface area contributed by atoms with E-state index >= 15 is 0 Å². The van der Waals surface area contributed by atoms with Gasteiger partial charge in [-0.3, -0.25) is 0 Å². The maximum Gasteiger partial charge on any atom is 0.123 e. The molecule has 1 aliphatic carbocycles. The van der Waals surface area contributed by atoms with Gasteiger partial charge in [-0.2, -0.15) is 0 Å². The van der Waals surface area contributed by atoms with Crippen molar-refractivity contribution in [2.45, 2.75) is 32.7 Å². The summed E-state index contributed by atoms with van der Waals surface area (Å²) in [5.41, 5.74) is 1.86. The van der Waals surface area contributed by atoms with Crippen molar-refractivity contribution in [1.29, 1.82) is 0 Å². The zero-order valence-corrected chi connectivity index (χ0v) is 10.3. The molecule has 1 aromatic rings. The Bertz CT molecular complexity index is 344. The highest BCUT2D eigenvalue weighted by molar-refractivity contribution is 5.32. The van der Waals surface area contributed by atoms with Crippen molar-refractivity contribution in [2.24, 2.45) is 5.41 Å². The molecule has 2 heteroatoms. The lowest BCUT2D eigenvalue weighted by Crippen LogP contribution is -2.23. The molecule has 0 saturated heterocycles. The molecule has 0 atom stereocenters. The minimum atomic E-state index is 0.613. The van der Waals surface area contributed by atoms with Crippen LogP contribution in [0.1, 0.15) is 31.7 Å². The Hall–Kier alpha value is -1.02. The van der Waals surface area contributed by atoms with Crippen LogP contribution in [0.3, 0.4) is 0 Å². The smallest absolute Gasteiger partial charge is 0.123 e. The summed E-state index contributed by atoms with van der Waals surface area (Å²) in [5.74, 6) is 0.983. The molecule has 16 heavy (non-hydrogen) atoms. The molecule has 1 N–H and O–H groups in total. The Morgan fingerprint density at radius 1 is 1.31 bits per heavy atom. The third-order valence-corrected chi connectivity index (χ3v) is 3.72. The molecule has 88 valence electrons. The van der Waals surface area contributed by atoms with Crippen LogP contribution < -0.4 is 10.1 Å². The lowest BCUT2D eigenvalue weighted by Gasteiger charge is -2.14. The standard InChI is InChI=1S/C14H21NO/c1-3-14(8-9-14)11-15-10-12-6-4-5-7-13(12)16-2/h4-7,15H,3,8-11H2,1-2H3. The molecule has 1 fully saturated rings. The Balaban J connectivity index is 1.85. The fraction of sp³-hybridized carbons (Fsp3) is 0.571. The predicted molar refractivity (Wildman–Crippen MR) is 66.7 cm³/mol. The quantitative estimate of drug-likeness (QED) is 0.794. The molecule has 0 aliphatic heterocycles. The topological polar surface area (TPSA) is 21.3 Å². The number of hydrogen-bond acceptors (Lipinski definition) is 2. The van der Waals surface area contributed by atoms with E-state index in [0.29, 0.717) is 5.41 Å². The summed E-state index contributed by atoms with van der Waals surface area (Å²) in [5, 5.41) is 3.55. The first-order valence-electron chi connectivity index (χ1n) is 6.12. The van der Waals surface area contributed by atoms with E-state index in [0.717, 1.165) is 18.8 Å². The van der Waals surface area contributed by atoms with Gasteiger partial charge in [0.25, 0.3) is 0 Å². The van der Waals surface area contributed by atoms with E-state index < -0.39 is 0 Å². The Kier molecular flexibility index (Phi) is 3.49. The SMILES string of the molecule is CCC1(CNCc2ccccc2OC)CC1. The number of rotatable bonds is 6. The van der Waals surface area contributed by atoms with E-state index in [2.05, 4.69) is 24.4 Å². The van der Waals surface area contributed by atoms with Gasteiger partial charge in [-0.15, -0.1) is 0 Å². The highest BCUT2D eigenvalue weighted by Gasteiger charge is 2.39. The second-order valence-corrected chi connectivity index (χ2v) is 4.77. The maximum absolute atomic E-state index is 5.33. The summed E-state index contributed by atoms with van der Waals surface area (Å²) in [6.07, 6.45) is 4.08. The minimum absolute atomic E-state index is 0.613. The molecule has 0 radical (unpaired) electrons. The summed E-state index contributed by atoms with van der Waals surface area (Å²) in [6, 6.07) is 8.21. The van der Waals surface area contributed by atoms with Gasteiger partial charge in [-0.05, 0) is 30.7 Å². The van der Waals surface area contributed by atoms with Crippen LogP contribution in [0.2, 0.25) is 0 Å². The average molecular weight is 219 g/mol. The average Bonchev–Trinajstić information content (AvgIpc) is 3.10. The van der Waals surface area contributed by atoms with Gasteiger partial charge in [-0.1, -0.05) is 25.1 Å². The third kappa shape index (κ3) is 2.56. The Morgan fingerprint density at radius 3 is 2.69 bits per heavy atom. The number of benzene rings is 1. The summed E-state index contributed by atoms with van der Waals surface area (Å²) in [4.78, 5) is 0. The van der Waals surface area contributed by atoms with E-state index in [1.165, 1.54) is 24.8 Å². The molecule has 0 amide bonds. The highest BCUT2D eigenvalue weighted by Crippen LogP contribution is 2.47. The molecule has 0 unspecified atom stereocenters. The Morgan fingerprint density at radius 2 is 2.06 bits per heavy atom. The monoisotopic (exact) mass is 219 g/mol. The first-order valence-corrected chi connectivity index (χ1v) is 6.12. The van der Waals surface area contributed by atoms with E-state index in [4.69, 9.17) is 4.74 Å². The number of ether oxygens (including phenoxy) is 1. The van der Waals surface area contributed by atoms with Crippen molar-refractivity contribution in [3.05, 3.63) is 29.8 Å². The van der Waals surface area contributed by atoms with Gasteiger partial charge >= 0.3 is 0 Å². The first kappa shape index (κ1) is 11.5. The number of nitrogens with one attached hydrogen (secondary N) is 1. The highest BCUT2D eigenvalue weighted by atomic mass is 16.5. The lowest BCUT2D eigenvalue weighted by atomic mass is 10.0. The van der Waals surface area contributed by atoms with Crippen molar-refractivity contribution < 1.29 is 4.74 Å². The number of hydrogen-bond donors (Lipinski definition) is 1. The molecular weight excluding hydrogens is 198 g/mol. The van der Waals surface area contributed by atoms with Crippen molar-refractivity contribution in [1.82, 2.24) is 5.32 Å². The van der Waals surface area contributed by atoms with Gasteiger partial charge in [0.15, 0.2) is 0 Å². The molecule has 2 nitrogen and oxygen atoms in total. The van der Waals surface area contributed by atoms with Gasteiger partial charge in [-0.25, -0.2) is 0 Å². The van der Waals surface area contributed by atoms with E-state index in [-0.39, 0.29) is 0 Å². The van der Waals surface area contributed by atoms with E-state index in [9.17, 15) is 0 Å². The first-order chi connectivity index (χ1) is 7.79. The van der Waals surface area contributed by atoms with Crippen molar-refractivity contribution in [2.75, 3.05) is 13.7 Å². The van der Waals surface area contributed by atoms with Crippen LogP contribution in [-0.4, -0.2) is 13.7 Å². The molecule has 1 aromatic carbocycles. The van der Waals surface area contributed by atoms with Gasteiger partial charge in [0.2, 0.25) is 0 Å². The minimum Gasteiger partial charge on any atom is -0.496 e. The van der Waals surface area contributed by atoms with Crippen LogP contribution in [0.25, 0.3) is 0 Å². The molecule has 0 heterocycles. The third-order valence-electron chi connectivity index (χ3n) is 3.72. The molecule has 1 saturated carbocycles. The van der Waals surface area contributed by atoms with Crippen LogP contribution in [0, 0.1) is 5.41 Å². The van der Waals surface area contributed by atoms with Gasteiger partial charge in [0.05, 0.1) is 7.11 Å². The zero-order chi connectivity index (χ0) is 11.4. The second-order valence-electron chi connectivity index (χ2n) is 4.77. The second kappa shape index (κ2) is 4.88. The molecule has 0 spiro atoms. The van der Waals surface area contributed by atoms with Crippen LogP contribution in [0.4, 0.5) is 0 Å². The lowest BCUT2D eigenvalue weighted by molar-refractivity contribution is 0.402. The summed E-state index contributed by atoms with van der Waals surface area (Å²) in [6.45, 7) is 4.34. The van der Waals surface area contributed by atoms with E-state index in [1.54, 1.807) is 7.11 Å². The summed E-state index contributed by atoms with van der Waals surface area (Å²) < 4.78 is 5.33. The van der Waals surface area contributed by atoms with Crippen LogP contribution in [-0.2, 0) is 6.54 Å². The molecular formula is C14H21NO. The summed E-state index contributed by atoms with van der Waals surface area (Å²) >= 11 is 0. The molecule has 1 aliphatic rings. The number of para-hydroxylation sites is 1. The normalized spacial score (nSPS) is 17.1. The predicted octanol–water partition coefficient (Wildman–Crippen LogP) is 2.98. The molecule has 0 aromatic heterocycles. The summed E-state index contributed by atoms with van der Waals surface area (Å²) in [7, 11) is 1.73. The largest absolute Gasteiger partial charge is 0.496 e. The van der Waals surface area contributed by atoms with Gasteiger partial charge < -0.3 is 10.1 Å². The number of methoxy groups -OCH3 is 1. The van der Waals surface area contributed by atoms with Crippen molar-refractivity contribution in [3.8, 4) is 5.75 Å². The maximum atomic E-state index is 5.33. The van der Waals surface area contributed by atoms with Crippen LogP contribution in [0.15, 0.2) is 24.3 Å². The van der Waals surface area contributed by atoms with Crippen molar-refractivity contribution in [3.63, 3.8) is 0 Å². The van der Waals surface area contributed by atoms with E-state index in [1.807, 2.05) is 12.1 Å². The van der Waals surface area contributed by atoms with Crippen LogP contribution in [0.5, 0.6) is 5.75 Å². The van der Waals surface area contributed by atoms with Crippen molar-refractivity contribution >= 4 is 0 Å².